The average Bonchev–Trinajstić information content (AvgIpc) is 3.52. The highest BCUT2D eigenvalue weighted by molar-refractivity contribution is 6.21. The molecule has 1 aliphatic carbocycles. The molecule has 5 N–H and O–H groups in total. The fourth-order valence-corrected chi connectivity index (χ4v) is 7.08. The van der Waals surface area contributed by atoms with E-state index < -0.39 is 54.2 Å². The van der Waals surface area contributed by atoms with Crippen molar-refractivity contribution in [3.8, 4) is 0 Å². The molecule has 3 aromatic rings. The van der Waals surface area contributed by atoms with Crippen molar-refractivity contribution in [1.29, 1.82) is 0 Å². The molecular formula is C38H39FN6O8. The number of carbonyl (C=O) groups is 6. The van der Waals surface area contributed by atoms with Gasteiger partial charge in [-0.15, -0.1) is 0 Å². The molecule has 1 saturated carbocycles. The molecule has 53 heavy (non-hydrogen) atoms. The minimum absolute atomic E-state index is 0.0307. The summed E-state index contributed by atoms with van der Waals surface area (Å²) in [6.45, 7) is 0.892. The van der Waals surface area contributed by atoms with Crippen molar-refractivity contribution < 1.29 is 43.4 Å². The summed E-state index contributed by atoms with van der Waals surface area (Å²) in [6.07, 6.45) is 1.81. The molecule has 3 heterocycles. The molecule has 5 amide bonds. The lowest BCUT2D eigenvalue weighted by Crippen LogP contribution is -2.52. The van der Waals surface area contributed by atoms with Crippen molar-refractivity contribution in [2.45, 2.75) is 50.7 Å². The molecule has 0 aromatic heterocycles. The Hall–Kier alpha value is -6.12. The van der Waals surface area contributed by atoms with Crippen LogP contribution in [0.1, 0.15) is 60.0 Å². The van der Waals surface area contributed by atoms with E-state index in [1.165, 1.54) is 47.4 Å². The number of fused-ring (bicyclic) bond motifs is 5. The van der Waals surface area contributed by atoms with E-state index >= 15 is 4.39 Å². The molecule has 7 rings (SSSR count). The fourth-order valence-electron chi connectivity index (χ4n) is 7.08. The maximum Gasteiger partial charge on any atom is 0.326 e. The Morgan fingerprint density at radius 2 is 1.53 bits per heavy atom. The zero-order valence-electron chi connectivity index (χ0n) is 28.7. The number of aliphatic imine (C=N–C) groups is 1. The van der Waals surface area contributed by atoms with Crippen LogP contribution in [0.25, 0.3) is 0 Å². The Balaban J connectivity index is 1.26. The van der Waals surface area contributed by atoms with Crippen LogP contribution >= 0.6 is 0 Å². The van der Waals surface area contributed by atoms with E-state index in [-0.39, 0.29) is 41.4 Å². The Kier molecular flexibility index (Phi) is 11.1. The molecule has 276 valence electrons. The van der Waals surface area contributed by atoms with E-state index in [0.717, 1.165) is 25.7 Å². The van der Waals surface area contributed by atoms with Gasteiger partial charge in [-0.25, -0.2) is 19.0 Å². The van der Waals surface area contributed by atoms with E-state index in [1.807, 2.05) is 4.90 Å². The second-order valence-electron chi connectivity index (χ2n) is 13.5. The van der Waals surface area contributed by atoms with E-state index in [0.29, 0.717) is 36.2 Å². The highest BCUT2D eigenvalue weighted by Gasteiger charge is 2.37. The highest BCUT2D eigenvalue weighted by atomic mass is 19.1. The van der Waals surface area contributed by atoms with Crippen LogP contribution in [-0.4, -0.2) is 88.4 Å². The van der Waals surface area contributed by atoms with Gasteiger partial charge in [0.1, 0.15) is 18.4 Å². The van der Waals surface area contributed by atoms with Crippen LogP contribution in [0.3, 0.4) is 0 Å². The summed E-state index contributed by atoms with van der Waals surface area (Å²) in [5, 5.41) is 25.7. The lowest BCUT2D eigenvalue weighted by molar-refractivity contribution is -0.140. The number of carboxylic acid groups (broad SMARTS) is 2. The zero-order chi connectivity index (χ0) is 37.6. The first-order valence-corrected chi connectivity index (χ1v) is 17.4. The molecule has 3 aromatic carbocycles. The van der Waals surface area contributed by atoms with Gasteiger partial charge in [-0.3, -0.25) is 24.1 Å². The molecule has 14 nitrogen and oxygen atoms in total. The van der Waals surface area contributed by atoms with Gasteiger partial charge < -0.3 is 31.1 Å². The quantitative estimate of drug-likeness (QED) is 0.196. The summed E-state index contributed by atoms with van der Waals surface area (Å²) in [5.41, 5.74) is 0.960. The molecule has 15 heteroatoms. The number of benzene rings is 3. The van der Waals surface area contributed by atoms with Crippen LogP contribution in [0.4, 0.5) is 20.6 Å². The number of nitrogens with one attached hydrogen (secondary N) is 3. The van der Waals surface area contributed by atoms with Crippen LogP contribution in [-0.2, 0) is 19.2 Å². The van der Waals surface area contributed by atoms with Crippen LogP contribution < -0.4 is 20.9 Å². The largest absolute Gasteiger partial charge is 0.481 e. The normalized spacial score (nSPS) is 19.9. The SMILES string of the molecule is O=C(O)CCC(NC(=O)c1cccc(NC(=O)N[C@@H]2N=C(c3ccccc3F)c3ccccc3N(CC(=O)N3CC4CCC(CC4)C3)C2=O)c1)C(=O)O. The summed E-state index contributed by atoms with van der Waals surface area (Å²) in [7, 11) is 0. The van der Waals surface area contributed by atoms with Gasteiger partial charge in [0.25, 0.3) is 11.8 Å². The number of rotatable bonds is 11. The molecule has 0 spiro atoms. The minimum Gasteiger partial charge on any atom is -0.481 e. The standard InChI is InChI=1S/C38H39FN6O8/c39-28-10-3-1-8-26(28)33-27-9-2-4-11-30(27)45(21-31(46)44-19-22-12-13-23(20-44)15-14-22)36(50)34(42-33)43-38(53)40-25-7-5-6-24(18-25)35(49)41-29(37(51)52)16-17-32(47)48/h1-11,18,22-23,29,34H,12-17,19-21H2,(H,41,49)(H,47,48)(H,51,52)(H2,40,43,53)/t22?,23?,29?,34-/m0/s1. The third kappa shape index (κ3) is 8.68. The van der Waals surface area contributed by atoms with Gasteiger partial charge >= 0.3 is 18.0 Å². The molecule has 1 unspecified atom stereocenters. The number of hydrogen-bond acceptors (Lipinski definition) is 7. The molecule has 3 aliphatic heterocycles. The van der Waals surface area contributed by atoms with E-state index in [2.05, 4.69) is 20.9 Å². The van der Waals surface area contributed by atoms with Crippen molar-refractivity contribution in [3.05, 3.63) is 95.3 Å². The number of amides is 5. The Morgan fingerprint density at radius 3 is 2.19 bits per heavy atom. The maximum atomic E-state index is 15.3. The zero-order valence-corrected chi connectivity index (χ0v) is 28.7. The first kappa shape index (κ1) is 36.7. The lowest BCUT2D eigenvalue weighted by atomic mass is 9.84. The summed E-state index contributed by atoms with van der Waals surface area (Å²) in [6, 6.07) is 15.8. The van der Waals surface area contributed by atoms with Gasteiger partial charge in [-0.2, -0.15) is 0 Å². The van der Waals surface area contributed by atoms with Crippen molar-refractivity contribution in [2.75, 3.05) is 29.9 Å². The Bertz CT molecular complexity index is 1950. The molecule has 2 bridgehead atoms. The number of anilines is 2. The monoisotopic (exact) mass is 726 g/mol. The smallest absolute Gasteiger partial charge is 0.326 e. The number of urea groups is 1. The van der Waals surface area contributed by atoms with Gasteiger partial charge in [0.15, 0.2) is 0 Å². The third-order valence-corrected chi connectivity index (χ3v) is 9.81. The van der Waals surface area contributed by atoms with E-state index in [4.69, 9.17) is 5.11 Å². The van der Waals surface area contributed by atoms with Crippen LogP contribution in [0.5, 0.6) is 0 Å². The Morgan fingerprint density at radius 1 is 0.868 bits per heavy atom. The van der Waals surface area contributed by atoms with Crippen molar-refractivity contribution >= 4 is 52.8 Å². The summed E-state index contributed by atoms with van der Waals surface area (Å²) in [5.74, 6) is -4.22. The van der Waals surface area contributed by atoms with Gasteiger partial charge in [0, 0.05) is 41.9 Å². The second-order valence-corrected chi connectivity index (χ2v) is 13.5. The van der Waals surface area contributed by atoms with Gasteiger partial charge in [-0.1, -0.05) is 36.4 Å². The fraction of sp³-hybridized carbons (Fsp3) is 0.342. The summed E-state index contributed by atoms with van der Waals surface area (Å²) >= 11 is 0. The number of aliphatic carboxylic acids is 2. The van der Waals surface area contributed by atoms with E-state index in [1.54, 1.807) is 30.3 Å². The predicted molar refractivity (Wildman–Crippen MR) is 191 cm³/mol. The molecule has 3 fully saturated rings. The number of carboxylic acids is 2. The van der Waals surface area contributed by atoms with Crippen LogP contribution in [0, 0.1) is 17.7 Å². The molecule has 2 saturated heterocycles. The average molecular weight is 727 g/mol. The highest BCUT2D eigenvalue weighted by Crippen LogP contribution is 2.35. The second kappa shape index (κ2) is 16.0. The number of benzodiazepines with no additional fused rings is 1. The van der Waals surface area contributed by atoms with Gasteiger partial charge in [0.2, 0.25) is 12.1 Å². The molecule has 4 aliphatic rings. The molecule has 0 radical (unpaired) electrons. The number of hydrogen-bond donors (Lipinski definition) is 5. The third-order valence-electron chi connectivity index (χ3n) is 9.81. The van der Waals surface area contributed by atoms with Crippen molar-refractivity contribution in [1.82, 2.24) is 15.5 Å². The summed E-state index contributed by atoms with van der Waals surface area (Å²) < 4.78 is 15.3. The van der Waals surface area contributed by atoms with E-state index in [9.17, 15) is 33.9 Å². The number of para-hydroxylation sites is 1. The van der Waals surface area contributed by atoms with Crippen molar-refractivity contribution in [2.24, 2.45) is 16.8 Å². The lowest BCUT2D eigenvalue weighted by Gasteiger charge is -2.29. The van der Waals surface area contributed by atoms with Crippen LogP contribution in [0.15, 0.2) is 77.8 Å². The number of carbonyl (C=O) groups excluding carboxylic acids is 4. The minimum atomic E-state index is -1.61. The summed E-state index contributed by atoms with van der Waals surface area (Å²) in [4.78, 5) is 84.8. The topological polar surface area (TPSA) is 198 Å². The van der Waals surface area contributed by atoms with Crippen molar-refractivity contribution in [3.63, 3.8) is 0 Å². The first-order chi connectivity index (χ1) is 25.5. The molecule has 2 atom stereocenters. The Labute approximate surface area is 304 Å². The van der Waals surface area contributed by atoms with Gasteiger partial charge in [-0.05, 0) is 80.3 Å². The first-order valence-electron chi connectivity index (χ1n) is 17.4. The number of nitrogens with zero attached hydrogens (tertiary/aromatic N) is 3. The predicted octanol–water partition coefficient (Wildman–Crippen LogP) is 3.85. The van der Waals surface area contributed by atoms with Crippen LogP contribution in [0.2, 0.25) is 0 Å². The maximum absolute atomic E-state index is 15.3. The number of halogens is 1. The molecular weight excluding hydrogens is 687 g/mol. The van der Waals surface area contributed by atoms with Gasteiger partial charge in [0.05, 0.1) is 11.4 Å².